The van der Waals surface area contributed by atoms with Crippen LogP contribution in [0.2, 0.25) is 0 Å². The summed E-state index contributed by atoms with van der Waals surface area (Å²) in [7, 11) is 0. The highest BCUT2D eigenvalue weighted by atomic mass is 19.4. The SMILES string of the molecule is O=C(NC(c1c(F)cccc1F)C(F)(F)F)c1cn(-c2ccc(F)cc2F)c2nc(N3CC[C@@H](O)C3=O)ccc2c1=O. The lowest BCUT2D eigenvalue weighted by Crippen LogP contribution is -2.41. The Balaban J connectivity index is 1.69. The zero-order valence-corrected chi connectivity index (χ0v) is 20.9. The Kier molecular flexibility index (Phi) is 7.22. The maximum absolute atomic E-state index is 14.9. The fourth-order valence-corrected chi connectivity index (χ4v) is 4.57. The van der Waals surface area contributed by atoms with Crippen LogP contribution in [0.1, 0.15) is 28.4 Å². The van der Waals surface area contributed by atoms with Crippen LogP contribution in [0.5, 0.6) is 0 Å². The van der Waals surface area contributed by atoms with Gasteiger partial charge >= 0.3 is 6.18 Å². The van der Waals surface area contributed by atoms with Crippen LogP contribution in [-0.4, -0.2) is 45.3 Å². The first-order valence-electron chi connectivity index (χ1n) is 12.1. The highest BCUT2D eigenvalue weighted by molar-refractivity contribution is 6.00. The van der Waals surface area contributed by atoms with Crippen LogP contribution in [0.3, 0.4) is 0 Å². The Bertz CT molecular complexity index is 1790. The van der Waals surface area contributed by atoms with Gasteiger partial charge in [0, 0.05) is 25.2 Å². The number of hydrogen-bond donors (Lipinski definition) is 2. The molecule has 1 aliphatic rings. The molecule has 8 nitrogen and oxygen atoms in total. The van der Waals surface area contributed by atoms with Gasteiger partial charge in [0.1, 0.15) is 40.8 Å². The van der Waals surface area contributed by atoms with Gasteiger partial charge in [-0.05, 0) is 36.4 Å². The standard InChI is InChI=1S/C27H17F7N4O4/c28-12-4-6-18(17(31)10-12)38-11-14(25(41)36-23(27(32,33)34)21-15(29)2-1-3-16(21)30)22(40)13-5-7-20(35-24(13)38)37-9-8-19(39)26(37)42/h1-7,10-11,19,23,39H,8-9H2,(H,36,41)/t19-,23?/m1/s1. The monoisotopic (exact) mass is 594 g/mol. The molecule has 2 atom stereocenters. The van der Waals surface area contributed by atoms with Crippen molar-refractivity contribution in [3.63, 3.8) is 0 Å². The van der Waals surface area contributed by atoms with Gasteiger partial charge in [0.15, 0.2) is 11.7 Å². The van der Waals surface area contributed by atoms with Crippen molar-refractivity contribution in [1.29, 1.82) is 0 Å². The number of benzene rings is 2. The minimum atomic E-state index is -5.42. The fourth-order valence-electron chi connectivity index (χ4n) is 4.57. The molecular weight excluding hydrogens is 577 g/mol. The van der Waals surface area contributed by atoms with Gasteiger partial charge in [-0.2, -0.15) is 13.2 Å². The number of nitrogens with zero attached hydrogens (tertiary/aromatic N) is 3. The predicted molar refractivity (Wildman–Crippen MR) is 133 cm³/mol. The lowest BCUT2D eigenvalue weighted by Gasteiger charge is -2.23. The fraction of sp³-hybridized carbons (Fsp3) is 0.185. The first kappa shape index (κ1) is 28.7. The number of fused-ring (bicyclic) bond motifs is 1. The molecule has 0 bridgehead atoms. The van der Waals surface area contributed by atoms with Gasteiger partial charge in [-0.25, -0.2) is 22.5 Å². The Morgan fingerprint density at radius 2 is 1.69 bits per heavy atom. The summed E-state index contributed by atoms with van der Waals surface area (Å²) in [6, 6.07) is 3.14. The number of pyridine rings is 2. The molecule has 0 radical (unpaired) electrons. The number of amides is 2. The number of hydrogen-bond acceptors (Lipinski definition) is 5. The minimum absolute atomic E-state index is 0.0412. The number of nitrogens with one attached hydrogen (secondary N) is 1. The highest BCUT2D eigenvalue weighted by Crippen LogP contribution is 2.36. The van der Waals surface area contributed by atoms with Crippen LogP contribution < -0.4 is 15.6 Å². The van der Waals surface area contributed by atoms with Crippen molar-refractivity contribution < 1.29 is 45.4 Å². The molecule has 1 fully saturated rings. The molecule has 1 saturated heterocycles. The van der Waals surface area contributed by atoms with Crippen LogP contribution in [0.25, 0.3) is 16.7 Å². The number of halogens is 7. The summed E-state index contributed by atoms with van der Waals surface area (Å²) < 4.78 is 99.6. The third-order valence-electron chi connectivity index (χ3n) is 6.59. The van der Waals surface area contributed by atoms with E-state index >= 15 is 0 Å². The molecule has 42 heavy (non-hydrogen) atoms. The molecule has 0 aliphatic carbocycles. The van der Waals surface area contributed by atoms with E-state index in [0.717, 1.165) is 33.7 Å². The van der Waals surface area contributed by atoms with E-state index in [9.17, 15) is 50.2 Å². The molecule has 0 saturated carbocycles. The van der Waals surface area contributed by atoms with E-state index in [1.54, 1.807) is 0 Å². The number of anilines is 1. The molecular formula is C27H17F7N4O4. The first-order valence-corrected chi connectivity index (χ1v) is 12.1. The van der Waals surface area contributed by atoms with E-state index in [1.165, 1.54) is 11.4 Å². The summed E-state index contributed by atoms with van der Waals surface area (Å²) in [5.74, 6) is -7.94. The first-order chi connectivity index (χ1) is 19.8. The van der Waals surface area contributed by atoms with Crippen LogP contribution in [0.4, 0.5) is 36.6 Å². The maximum Gasteiger partial charge on any atom is 0.413 e. The van der Waals surface area contributed by atoms with Crippen LogP contribution in [0, 0.1) is 23.3 Å². The van der Waals surface area contributed by atoms with Crippen molar-refractivity contribution in [3.05, 3.63) is 99.3 Å². The lowest BCUT2D eigenvalue weighted by atomic mass is 10.0. The molecule has 218 valence electrons. The second-order valence-corrected chi connectivity index (χ2v) is 9.26. The minimum Gasteiger partial charge on any atom is -0.383 e. The Morgan fingerprint density at radius 3 is 2.29 bits per heavy atom. The van der Waals surface area contributed by atoms with Gasteiger partial charge < -0.3 is 10.4 Å². The quantitative estimate of drug-likeness (QED) is 0.339. The molecule has 4 aromatic rings. The molecule has 2 aromatic carbocycles. The van der Waals surface area contributed by atoms with Crippen LogP contribution in [-0.2, 0) is 4.79 Å². The van der Waals surface area contributed by atoms with Crippen LogP contribution >= 0.6 is 0 Å². The molecule has 3 heterocycles. The van der Waals surface area contributed by atoms with Crippen molar-refractivity contribution in [2.75, 3.05) is 11.4 Å². The number of carbonyl (C=O) groups is 2. The van der Waals surface area contributed by atoms with Gasteiger partial charge in [-0.1, -0.05) is 6.07 Å². The smallest absolute Gasteiger partial charge is 0.383 e. The maximum atomic E-state index is 14.9. The van der Waals surface area contributed by atoms with E-state index in [2.05, 4.69) is 4.98 Å². The van der Waals surface area contributed by atoms with E-state index in [0.29, 0.717) is 24.4 Å². The summed E-state index contributed by atoms with van der Waals surface area (Å²) in [5, 5.41) is 10.8. The molecule has 5 rings (SSSR count). The van der Waals surface area contributed by atoms with Crippen molar-refractivity contribution in [3.8, 4) is 5.69 Å². The summed E-state index contributed by atoms with van der Waals surface area (Å²) in [6.07, 6.45) is -6.02. The number of rotatable bonds is 5. The Hall–Kier alpha value is -4.79. The summed E-state index contributed by atoms with van der Waals surface area (Å²) in [5.41, 5.74) is -4.57. The number of aromatic nitrogens is 2. The number of alkyl halides is 3. The predicted octanol–water partition coefficient (Wildman–Crippen LogP) is 4.07. The van der Waals surface area contributed by atoms with E-state index < -0.39 is 81.0 Å². The third-order valence-corrected chi connectivity index (χ3v) is 6.59. The van der Waals surface area contributed by atoms with Crippen molar-refractivity contribution in [1.82, 2.24) is 14.9 Å². The molecule has 1 unspecified atom stereocenters. The normalized spacial score (nSPS) is 16.2. The average Bonchev–Trinajstić information content (AvgIpc) is 3.25. The van der Waals surface area contributed by atoms with Crippen LogP contribution in [0.15, 0.2) is 59.5 Å². The van der Waals surface area contributed by atoms with Gasteiger partial charge in [0.05, 0.1) is 16.6 Å². The van der Waals surface area contributed by atoms with Gasteiger partial charge in [0.2, 0.25) is 5.43 Å². The summed E-state index contributed by atoms with van der Waals surface area (Å²) in [6.45, 7) is 0.0412. The summed E-state index contributed by atoms with van der Waals surface area (Å²) >= 11 is 0. The third kappa shape index (κ3) is 5.06. The molecule has 2 aromatic heterocycles. The van der Waals surface area contributed by atoms with E-state index in [4.69, 9.17) is 0 Å². The zero-order valence-electron chi connectivity index (χ0n) is 20.9. The van der Waals surface area contributed by atoms with Crippen molar-refractivity contribution in [2.45, 2.75) is 24.7 Å². The van der Waals surface area contributed by atoms with E-state index in [-0.39, 0.29) is 24.4 Å². The highest BCUT2D eigenvalue weighted by Gasteiger charge is 2.45. The Labute approximate surface area is 230 Å². The van der Waals surface area contributed by atoms with Crippen molar-refractivity contribution >= 4 is 28.7 Å². The molecule has 2 N–H and O–H groups in total. The molecule has 0 spiro atoms. The lowest BCUT2D eigenvalue weighted by molar-refractivity contribution is -0.156. The second-order valence-electron chi connectivity index (χ2n) is 9.26. The number of carbonyl (C=O) groups excluding carboxylic acids is 2. The summed E-state index contributed by atoms with van der Waals surface area (Å²) in [4.78, 5) is 44.0. The zero-order chi connectivity index (χ0) is 30.5. The topological polar surface area (TPSA) is 105 Å². The van der Waals surface area contributed by atoms with Gasteiger partial charge in [-0.3, -0.25) is 23.9 Å². The second kappa shape index (κ2) is 10.6. The number of aliphatic hydroxyl groups is 1. The molecule has 1 aliphatic heterocycles. The van der Waals surface area contributed by atoms with Gasteiger partial charge in [0.25, 0.3) is 11.8 Å². The largest absolute Gasteiger partial charge is 0.413 e. The average molecular weight is 594 g/mol. The Morgan fingerprint density at radius 1 is 1.00 bits per heavy atom. The van der Waals surface area contributed by atoms with Crippen molar-refractivity contribution in [2.24, 2.45) is 0 Å². The molecule has 15 heteroatoms. The van der Waals surface area contributed by atoms with Gasteiger partial charge in [-0.15, -0.1) is 0 Å². The van der Waals surface area contributed by atoms with E-state index in [1.807, 2.05) is 0 Å². The number of aliphatic hydroxyl groups excluding tert-OH is 1. The molecule has 2 amide bonds.